The minimum atomic E-state index is 0.149. The molecule has 0 radical (unpaired) electrons. The molecule has 14 heavy (non-hydrogen) atoms. The van der Waals surface area contributed by atoms with Crippen molar-refractivity contribution in [3.8, 4) is 0 Å². The largest absolute Gasteiger partial charge is 0.396 e. The van der Waals surface area contributed by atoms with E-state index in [-0.39, 0.29) is 5.41 Å². The van der Waals surface area contributed by atoms with Crippen LogP contribution in [0.4, 0.5) is 0 Å². The smallest absolute Gasteiger partial charge is 0.0482 e. The average Bonchev–Trinajstić information content (AvgIpc) is 2.73. The van der Waals surface area contributed by atoms with Gasteiger partial charge < -0.3 is 5.11 Å². The van der Waals surface area contributed by atoms with E-state index in [2.05, 4.69) is 31.6 Å². The number of unbranched alkanes of at least 4 members (excludes halogenated alkanes) is 1. The van der Waals surface area contributed by atoms with Gasteiger partial charge >= 0.3 is 0 Å². The highest BCUT2D eigenvalue weighted by Gasteiger charge is 2.14. The Labute approximate surface area is 96.7 Å². The Morgan fingerprint density at radius 2 is 1.86 bits per heavy atom. The number of hydrogen-bond acceptors (Lipinski definition) is 3. The van der Waals surface area contributed by atoms with Crippen molar-refractivity contribution in [1.82, 2.24) is 0 Å². The summed E-state index contributed by atoms with van der Waals surface area (Å²) in [7, 11) is 0. The highest BCUT2D eigenvalue weighted by Crippen LogP contribution is 2.22. The van der Waals surface area contributed by atoms with E-state index >= 15 is 0 Å². The Bertz CT molecular complexity index is 149. The molecule has 0 aromatic heterocycles. The number of aliphatic hydroxyl groups is 1. The third kappa shape index (κ3) is 8.97. The van der Waals surface area contributed by atoms with Crippen molar-refractivity contribution in [2.24, 2.45) is 5.41 Å². The third-order valence-electron chi connectivity index (χ3n) is 2.02. The zero-order chi connectivity index (χ0) is 10.9. The van der Waals surface area contributed by atoms with Crippen LogP contribution in [0.15, 0.2) is 10.8 Å². The second-order valence-electron chi connectivity index (χ2n) is 4.15. The Morgan fingerprint density at radius 1 is 1.29 bits per heavy atom. The summed E-state index contributed by atoms with van der Waals surface area (Å²) in [5.41, 5.74) is 0.149. The molecule has 1 nitrogen and oxygen atoms in total. The Morgan fingerprint density at radius 3 is 2.14 bits per heavy atom. The van der Waals surface area contributed by atoms with Crippen molar-refractivity contribution in [3.63, 3.8) is 0 Å². The summed E-state index contributed by atoms with van der Waals surface area (Å²) in [5, 5.41) is 14.3. The van der Waals surface area contributed by atoms with Gasteiger partial charge in [-0.3, -0.25) is 0 Å². The molecule has 0 saturated carbocycles. The zero-order valence-electron chi connectivity index (χ0n) is 9.45. The van der Waals surface area contributed by atoms with Gasteiger partial charge in [0.25, 0.3) is 0 Å². The summed E-state index contributed by atoms with van der Waals surface area (Å²) in [6, 6.07) is 0. The van der Waals surface area contributed by atoms with Crippen LogP contribution in [0.1, 0.15) is 40.0 Å². The van der Waals surface area contributed by atoms with Crippen LogP contribution in [0.5, 0.6) is 0 Å². The fraction of sp³-hybridized carbons (Fsp3) is 0.818. The van der Waals surface area contributed by atoms with Crippen molar-refractivity contribution >= 4 is 23.5 Å². The van der Waals surface area contributed by atoms with Gasteiger partial charge in [0.2, 0.25) is 0 Å². The van der Waals surface area contributed by atoms with Gasteiger partial charge in [-0.05, 0) is 22.7 Å². The van der Waals surface area contributed by atoms with Crippen molar-refractivity contribution in [1.29, 1.82) is 0 Å². The molecule has 0 aromatic rings. The molecule has 0 amide bonds. The van der Waals surface area contributed by atoms with E-state index in [1.54, 1.807) is 0 Å². The summed E-state index contributed by atoms with van der Waals surface area (Å²) in [6.07, 6.45) is 3.59. The molecule has 0 spiro atoms. The van der Waals surface area contributed by atoms with Crippen LogP contribution in [0.2, 0.25) is 0 Å². The van der Waals surface area contributed by atoms with E-state index in [1.165, 1.54) is 17.9 Å². The van der Waals surface area contributed by atoms with Crippen LogP contribution >= 0.6 is 23.5 Å². The van der Waals surface area contributed by atoms with Gasteiger partial charge in [-0.15, -0.1) is 23.5 Å². The fourth-order valence-electron chi connectivity index (χ4n) is 0.931. The topological polar surface area (TPSA) is 20.2 Å². The van der Waals surface area contributed by atoms with Gasteiger partial charge in [-0.25, -0.2) is 0 Å². The maximum atomic E-state index is 8.82. The van der Waals surface area contributed by atoms with Crippen molar-refractivity contribution in [2.45, 2.75) is 40.0 Å². The Balaban J connectivity index is 0.000000280. The maximum absolute atomic E-state index is 8.82. The van der Waals surface area contributed by atoms with Crippen molar-refractivity contribution in [3.05, 3.63) is 10.8 Å². The molecule has 1 aliphatic rings. The minimum Gasteiger partial charge on any atom is -0.396 e. The monoisotopic (exact) mass is 234 g/mol. The summed E-state index contributed by atoms with van der Waals surface area (Å²) in [4.78, 5) is 0. The highest BCUT2D eigenvalue weighted by molar-refractivity contribution is 8.21. The van der Waals surface area contributed by atoms with Gasteiger partial charge in [0.15, 0.2) is 0 Å². The molecule has 0 saturated heterocycles. The lowest BCUT2D eigenvalue weighted by atomic mass is 9.88. The number of hydrogen-bond donors (Lipinski definition) is 1. The van der Waals surface area contributed by atoms with E-state index in [0.717, 1.165) is 6.42 Å². The van der Waals surface area contributed by atoms with Crippen LogP contribution in [0, 0.1) is 5.41 Å². The molecule has 1 rings (SSSR count). The van der Waals surface area contributed by atoms with Gasteiger partial charge in [0.05, 0.1) is 0 Å². The lowest BCUT2D eigenvalue weighted by Gasteiger charge is -2.20. The van der Waals surface area contributed by atoms with Gasteiger partial charge in [0.1, 0.15) is 0 Å². The molecular formula is C11H22OS2. The maximum Gasteiger partial charge on any atom is 0.0482 e. The third-order valence-corrected chi connectivity index (χ3v) is 3.94. The van der Waals surface area contributed by atoms with Crippen LogP contribution < -0.4 is 0 Å². The lowest BCUT2D eigenvalue weighted by molar-refractivity contribution is 0.148. The van der Waals surface area contributed by atoms with E-state index in [4.69, 9.17) is 5.11 Å². The molecule has 1 N–H and O–H groups in total. The molecule has 1 aliphatic heterocycles. The first kappa shape index (κ1) is 14.4. The lowest BCUT2D eigenvalue weighted by Crippen LogP contribution is -2.15. The minimum absolute atomic E-state index is 0.149. The molecular weight excluding hydrogens is 212 g/mol. The molecule has 1 heterocycles. The Kier molecular flexibility index (Phi) is 8.94. The molecule has 84 valence electrons. The molecule has 3 heteroatoms. The first-order valence-electron chi connectivity index (χ1n) is 5.11. The van der Waals surface area contributed by atoms with E-state index in [1.807, 2.05) is 23.5 Å². The number of rotatable bonds is 4. The van der Waals surface area contributed by atoms with Crippen LogP contribution in [-0.4, -0.2) is 16.8 Å². The van der Waals surface area contributed by atoms with Gasteiger partial charge in [0, 0.05) is 11.7 Å². The number of aliphatic hydroxyl groups excluding tert-OH is 1. The van der Waals surface area contributed by atoms with Crippen LogP contribution in [0.25, 0.3) is 0 Å². The number of thioether (sulfide) groups is 2. The predicted octanol–water partition coefficient (Wildman–Crippen LogP) is 4.09. The van der Waals surface area contributed by atoms with E-state index in [9.17, 15) is 0 Å². The molecule has 0 unspecified atom stereocenters. The van der Waals surface area contributed by atoms with Gasteiger partial charge in [-0.2, -0.15) is 0 Å². The average molecular weight is 234 g/mol. The molecule has 0 fully saturated rings. The zero-order valence-corrected chi connectivity index (χ0v) is 11.1. The van der Waals surface area contributed by atoms with Crippen LogP contribution in [-0.2, 0) is 0 Å². The highest BCUT2D eigenvalue weighted by atomic mass is 32.2. The standard InChI is InChI=1S/C8H18O.C3H4S2/c1-4-5-6-8(2,3)7-9;1-2-5-3-4-1/h9H,4-7H2,1-3H3;1-2H,3H2. The quantitative estimate of drug-likeness (QED) is 0.791. The molecule has 0 aliphatic carbocycles. The fourth-order valence-corrected chi connectivity index (χ4v) is 2.50. The first-order chi connectivity index (χ1) is 6.62. The van der Waals surface area contributed by atoms with Gasteiger partial charge in [-0.1, -0.05) is 33.6 Å². The molecule has 0 atom stereocenters. The first-order valence-corrected chi connectivity index (χ1v) is 7.21. The van der Waals surface area contributed by atoms with E-state index in [0.29, 0.717) is 6.61 Å². The van der Waals surface area contributed by atoms with E-state index < -0.39 is 0 Å². The SMILES string of the molecule is C1=CSCS1.CCCCC(C)(C)CO. The van der Waals surface area contributed by atoms with Crippen LogP contribution in [0.3, 0.4) is 0 Å². The summed E-state index contributed by atoms with van der Waals surface area (Å²) in [6.45, 7) is 6.69. The second-order valence-corrected chi connectivity index (χ2v) is 6.30. The van der Waals surface area contributed by atoms with Crippen molar-refractivity contribution < 1.29 is 5.11 Å². The molecule has 0 bridgehead atoms. The summed E-state index contributed by atoms with van der Waals surface area (Å²) in [5.74, 6) is 0. The second kappa shape index (κ2) is 8.69. The summed E-state index contributed by atoms with van der Waals surface area (Å²) >= 11 is 3.71. The molecule has 0 aromatic carbocycles. The summed E-state index contributed by atoms with van der Waals surface area (Å²) < 4.78 is 0. The van der Waals surface area contributed by atoms with Crippen molar-refractivity contribution in [2.75, 3.05) is 11.7 Å². The Hall–Kier alpha value is 0.400. The normalized spacial score (nSPS) is 15.1. The predicted molar refractivity (Wildman–Crippen MR) is 69.6 cm³/mol.